The van der Waals surface area contributed by atoms with Gasteiger partial charge >= 0.3 is 0 Å². The molecule has 0 aromatic carbocycles. The second-order valence-corrected chi connectivity index (χ2v) is 3.07. The maximum Gasteiger partial charge on any atom is 0.294 e. The number of hydrogen-bond donors (Lipinski definition) is 0. The van der Waals surface area contributed by atoms with E-state index < -0.39 is 11.2 Å². The SMILES string of the molecule is CC(C)COCC(C)O[N+](=O)[O-]. The molecule has 72 valence electrons. The Kier molecular flexibility index (Phi) is 5.36. The number of nitrogens with zero attached hydrogens (tertiary/aromatic N) is 1. The molecule has 0 N–H and O–H groups in total. The zero-order chi connectivity index (χ0) is 9.56. The van der Waals surface area contributed by atoms with Gasteiger partial charge in [-0.3, -0.25) is 0 Å². The quantitative estimate of drug-likeness (QED) is 0.452. The monoisotopic (exact) mass is 177 g/mol. The summed E-state index contributed by atoms with van der Waals surface area (Å²) in [4.78, 5) is 14.1. The van der Waals surface area contributed by atoms with Gasteiger partial charge in [-0.25, -0.2) is 0 Å². The van der Waals surface area contributed by atoms with Gasteiger partial charge in [0.1, 0.15) is 6.10 Å². The number of rotatable bonds is 6. The Morgan fingerprint density at radius 3 is 2.33 bits per heavy atom. The minimum absolute atomic E-state index is 0.263. The molecule has 0 fully saturated rings. The lowest BCUT2D eigenvalue weighted by molar-refractivity contribution is -0.768. The topological polar surface area (TPSA) is 61.6 Å². The number of ether oxygens (including phenoxy) is 1. The lowest BCUT2D eigenvalue weighted by atomic mass is 10.2. The van der Waals surface area contributed by atoms with Gasteiger partial charge in [-0.1, -0.05) is 13.8 Å². The highest BCUT2D eigenvalue weighted by atomic mass is 17.0. The highest BCUT2D eigenvalue weighted by Gasteiger charge is 2.06. The van der Waals surface area contributed by atoms with E-state index >= 15 is 0 Å². The van der Waals surface area contributed by atoms with E-state index in [-0.39, 0.29) is 6.61 Å². The van der Waals surface area contributed by atoms with Crippen molar-refractivity contribution in [1.82, 2.24) is 0 Å². The molecule has 0 heterocycles. The molecule has 5 nitrogen and oxygen atoms in total. The molecule has 1 unspecified atom stereocenters. The molecule has 12 heavy (non-hydrogen) atoms. The van der Waals surface area contributed by atoms with Crippen molar-refractivity contribution in [2.24, 2.45) is 5.92 Å². The third kappa shape index (κ3) is 7.27. The van der Waals surface area contributed by atoms with Crippen LogP contribution in [0, 0.1) is 16.0 Å². The Hall–Kier alpha value is -0.840. The first kappa shape index (κ1) is 11.2. The molecular weight excluding hydrogens is 162 g/mol. The first-order valence-corrected chi connectivity index (χ1v) is 3.91. The lowest BCUT2D eigenvalue weighted by Gasteiger charge is -2.10. The Bertz CT molecular complexity index is 137. The van der Waals surface area contributed by atoms with Crippen LogP contribution >= 0.6 is 0 Å². The van der Waals surface area contributed by atoms with Crippen molar-refractivity contribution < 1.29 is 14.7 Å². The van der Waals surface area contributed by atoms with Crippen LogP contribution in [0.1, 0.15) is 20.8 Å². The summed E-state index contributed by atoms with van der Waals surface area (Å²) in [5, 5.41) is 9.03. The standard InChI is InChI=1S/C7H15NO4/c1-6(2)4-11-5-7(3)12-8(9)10/h6-7H,4-5H2,1-3H3. The largest absolute Gasteiger partial charge is 0.379 e. The Labute approximate surface area is 71.8 Å². The first-order valence-electron chi connectivity index (χ1n) is 3.91. The molecule has 0 saturated carbocycles. The van der Waals surface area contributed by atoms with E-state index in [0.29, 0.717) is 12.5 Å². The minimum atomic E-state index is -0.802. The van der Waals surface area contributed by atoms with Crippen LogP contribution in [0.3, 0.4) is 0 Å². The summed E-state index contributed by atoms with van der Waals surface area (Å²) in [7, 11) is 0. The van der Waals surface area contributed by atoms with E-state index in [1.165, 1.54) is 0 Å². The van der Waals surface area contributed by atoms with Gasteiger partial charge in [-0.2, -0.15) is 0 Å². The predicted molar refractivity (Wildman–Crippen MR) is 43.2 cm³/mol. The van der Waals surface area contributed by atoms with E-state index in [9.17, 15) is 10.1 Å². The summed E-state index contributed by atoms with van der Waals surface area (Å²) in [5.74, 6) is 0.438. The van der Waals surface area contributed by atoms with E-state index in [1.54, 1.807) is 6.92 Å². The van der Waals surface area contributed by atoms with Crippen LogP contribution < -0.4 is 0 Å². The molecule has 0 bridgehead atoms. The molecule has 0 aliphatic heterocycles. The molecular formula is C7H15NO4. The third-order valence-electron chi connectivity index (χ3n) is 1.07. The number of hydrogen-bond acceptors (Lipinski definition) is 4. The molecule has 0 radical (unpaired) electrons. The molecule has 0 rings (SSSR count). The van der Waals surface area contributed by atoms with Crippen molar-refractivity contribution in [3.05, 3.63) is 10.1 Å². The summed E-state index contributed by atoms with van der Waals surface area (Å²) in [6, 6.07) is 0. The van der Waals surface area contributed by atoms with E-state index in [1.807, 2.05) is 13.8 Å². The van der Waals surface area contributed by atoms with Crippen molar-refractivity contribution in [2.75, 3.05) is 13.2 Å². The highest BCUT2D eigenvalue weighted by molar-refractivity contribution is 4.45. The van der Waals surface area contributed by atoms with Gasteiger partial charge in [-0.05, 0) is 12.8 Å². The fraction of sp³-hybridized carbons (Fsp3) is 1.00. The summed E-state index contributed by atoms with van der Waals surface area (Å²) in [6.45, 7) is 6.49. The molecule has 0 saturated heterocycles. The normalized spacial score (nSPS) is 13.0. The third-order valence-corrected chi connectivity index (χ3v) is 1.07. The van der Waals surface area contributed by atoms with Crippen LogP contribution in [0.15, 0.2) is 0 Å². The van der Waals surface area contributed by atoms with Crippen LogP contribution in [-0.4, -0.2) is 24.4 Å². The fourth-order valence-corrected chi connectivity index (χ4v) is 0.647. The highest BCUT2D eigenvalue weighted by Crippen LogP contribution is 1.96. The molecule has 0 aromatic heterocycles. The van der Waals surface area contributed by atoms with Crippen molar-refractivity contribution in [1.29, 1.82) is 0 Å². The van der Waals surface area contributed by atoms with Crippen molar-refractivity contribution in [3.63, 3.8) is 0 Å². The minimum Gasteiger partial charge on any atom is -0.379 e. The van der Waals surface area contributed by atoms with Crippen LogP contribution in [0.2, 0.25) is 0 Å². The molecule has 0 amide bonds. The van der Waals surface area contributed by atoms with Gasteiger partial charge in [-0.15, -0.1) is 10.1 Å². The summed E-state index contributed by atoms with van der Waals surface area (Å²) in [5.41, 5.74) is 0. The maximum absolute atomic E-state index is 9.83. The van der Waals surface area contributed by atoms with Crippen molar-refractivity contribution >= 4 is 0 Å². The second-order valence-electron chi connectivity index (χ2n) is 3.07. The zero-order valence-electron chi connectivity index (χ0n) is 7.65. The van der Waals surface area contributed by atoms with E-state index in [2.05, 4.69) is 4.84 Å². The van der Waals surface area contributed by atoms with Crippen LogP contribution in [-0.2, 0) is 9.57 Å². The van der Waals surface area contributed by atoms with Gasteiger partial charge in [0.15, 0.2) is 0 Å². The van der Waals surface area contributed by atoms with E-state index in [4.69, 9.17) is 4.74 Å². The second kappa shape index (κ2) is 5.77. The lowest BCUT2D eigenvalue weighted by Crippen LogP contribution is -2.20. The Morgan fingerprint density at radius 1 is 1.33 bits per heavy atom. The molecule has 0 spiro atoms. The van der Waals surface area contributed by atoms with Gasteiger partial charge in [0.25, 0.3) is 5.09 Å². The van der Waals surface area contributed by atoms with Crippen LogP contribution in [0.5, 0.6) is 0 Å². The summed E-state index contributed by atoms with van der Waals surface area (Å²) >= 11 is 0. The van der Waals surface area contributed by atoms with Crippen molar-refractivity contribution in [2.45, 2.75) is 26.9 Å². The van der Waals surface area contributed by atoms with Gasteiger partial charge < -0.3 is 9.57 Å². The molecule has 0 aromatic rings. The van der Waals surface area contributed by atoms with E-state index in [0.717, 1.165) is 0 Å². The molecule has 5 heteroatoms. The molecule has 1 atom stereocenters. The first-order chi connectivity index (χ1) is 5.52. The predicted octanol–water partition coefficient (Wildman–Crippen LogP) is 1.26. The van der Waals surface area contributed by atoms with Gasteiger partial charge in [0.2, 0.25) is 0 Å². The summed E-state index contributed by atoms with van der Waals surface area (Å²) < 4.78 is 5.13. The Balaban J connectivity index is 3.31. The average molecular weight is 177 g/mol. The zero-order valence-corrected chi connectivity index (χ0v) is 7.65. The van der Waals surface area contributed by atoms with Crippen LogP contribution in [0.25, 0.3) is 0 Å². The smallest absolute Gasteiger partial charge is 0.294 e. The fourth-order valence-electron chi connectivity index (χ4n) is 0.647. The maximum atomic E-state index is 9.83. The van der Waals surface area contributed by atoms with Crippen molar-refractivity contribution in [3.8, 4) is 0 Å². The molecule has 0 aliphatic rings. The van der Waals surface area contributed by atoms with Gasteiger partial charge in [0, 0.05) is 6.61 Å². The van der Waals surface area contributed by atoms with Crippen LogP contribution in [0.4, 0.5) is 0 Å². The Morgan fingerprint density at radius 2 is 1.92 bits per heavy atom. The molecule has 0 aliphatic carbocycles. The average Bonchev–Trinajstić information content (AvgIpc) is 1.84. The van der Waals surface area contributed by atoms with Gasteiger partial charge in [0.05, 0.1) is 6.61 Å². The summed E-state index contributed by atoms with van der Waals surface area (Å²) in [6.07, 6.45) is -0.487.